The van der Waals surface area contributed by atoms with Crippen molar-refractivity contribution in [2.45, 2.75) is 13.0 Å². The summed E-state index contributed by atoms with van der Waals surface area (Å²) < 4.78 is 1.80. The van der Waals surface area contributed by atoms with E-state index in [9.17, 15) is 0 Å². The summed E-state index contributed by atoms with van der Waals surface area (Å²) in [5, 5.41) is 5.46. The maximum Gasteiger partial charge on any atom is 0.107 e. The standard InChI is InChI=1S/C10H10BrClN2S2/c11-9-3-8(16-10(9)12)4-13-2-1-7-5-15-6-14-7/h3,5-6,13H,1-2,4H2. The molecule has 2 heterocycles. The summed E-state index contributed by atoms with van der Waals surface area (Å²) in [6.07, 6.45) is 0.976. The van der Waals surface area contributed by atoms with Crippen molar-refractivity contribution in [2.24, 2.45) is 0 Å². The van der Waals surface area contributed by atoms with E-state index in [2.05, 4.69) is 37.7 Å². The van der Waals surface area contributed by atoms with Crippen molar-refractivity contribution in [3.05, 3.63) is 36.3 Å². The Hall–Kier alpha value is 0.0600. The average molecular weight is 338 g/mol. The number of hydrogen-bond donors (Lipinski definition) is 1. The van der Waals surface area contributed by atoms with E-state index in [-0.39, 0.29) is 0 Å². The minimum absolute atomic E-state index is 0.816. The highest BCUT2D eigenvalue weighted by Gasteiger charge is 2.03. The van der Waals surface area contributed by atoms with Crippen LogP contribution >= 0.6 is 50.2 Å². The van der Waals surface area contributed by atoms with Gasteiger partial charge in [0.05, 0.1) is 11.2 Å². The lowest BCUT2D eigenvalue weighted by Gasteiger charge is -2.00. The number of hydrogen-bond acceptors (Lipinski definition) is 4. The zero-order valence-electron chi connectivity index (χ0n) is 8.37. The van der Waals surface area contributed by atoms with Crippen molar-refractivity contribution in [1.82, 2.24) is 10.3 Å². The molecule has 0 spiro atoms. The van der Waals surface area contributed by atoms with Gasteiger partial charge < -0.3 is 5.32 Å². The fourth-order valence-corrected chi connectivity index (χ4v) is 3.62. The van der Waals surface area contributed by atoms with E-state index in [0.717, 1.165) is 34.0 Å². The first-order valence-electron chi connectivity index (χ1n) is 4.77. The number of nitrogens with one attached hydrogen (secondary N) is 1. The summed E-state index contributed by atoms with van der Waals surface area (Å²) in [7, 11) is 0. The number of thiazole rings is 1. The summed E-state index contributed by atoms with van der Waals surface area (Å²) in [5.74, 6) is 0. The number of rotatable bonds is 5. The molecule has 0 aromatic carbocycles. The fraction of sp³-hybridized carbons (Fsp3) is 0.300. The Morgan fingerprint density at radius 1 is 1.50 bits per heavy atom. The lowest BCUT2D eigenvalue weighted by molar-refractivity contribution is 0.688. The Bertz CT molecular complexity index is 422. The van der Waals surface area contributed by atoms with Gasteiger partial charge in [-0.15, -0.1) is 22.7 Å². The van der Waals surface area contributed by atoms with E-state index in [4.69, 9.17) is 11.6 Å². The van der Waals surface area contributed by atoms with Gasteiger partial charge in [0.25, 0.3) is 0 Å². The molecule has 2 nitrogen and oxygen atoms in total. The van der Waals surface area contributed by atoms with Crippen molar-refractivity contribution in [1.29, 1.82) is 0 Å². The van der Waals surface area contributed by atoms with Gasteiger partial charge in [-0.1, -0.05) is 11.6 Å². The largest absolute Gasteiger partial charge is 0.311 e. The molecule has 0 aliphatic carbocycles. The van der Waals surface area contributed by atoms with Gasteiger partial charge in [-0.25, -0.2) is 4.98 Å². The summed E-state index contributed by atoms with van der Waals surface area (Å²) in [5.41, 5.74) is 3.02. The number of halogens is 2. The van der Waals surface area contributed by atoms with Crippen molar-refractivity contribution in [2.75, 3.05) is 6.54 Å². The maximum absolute atomic E-state index is 5.96. The molecule has 16 heavy (non-hydrogen) atoms. The Morgan fingerprint density at radius 3 is 3.00 bits per heavy atom. The molecule has 0 amide bonds. The molecule has 0 fully saturated rings. The summed E-state index contributed by atoms with van der Waals surface area (Å²) in [6.45, 7) is 1.80. The molecule has 0 aliphatic rings. The van der Waals surface area contributed by atoms with Crippen LogP contribution in [0.5, 0.6) is 0 Å². The fourth-order valence-electron chi connectivity index (χ4n) is 1.27. The molecule has 2 aromatic heterocycles. The Morgan fingerprint density at radius 2 is 2.38 bits per heavy atom. The van der Waals surface area contributed by atoms with Gasteiger partial charge in [0.2, 0.25) is 0 Å². The van der Waals surface area contributed by atoms with Crippen LogP contribution < -0.4 is 5.32 Å². The monoisotopic (exact) mass is 336 g/mol. The molecule has 0 aliphatic heterocycles. The number of nitrogens with zero attached hydrogens (tertiary/aromatic N) is 1. The van der Waals surface area contributed by atoms with Crippen molar-refractivity contribution >= 4 is 50.2 Å². The molecule has 0 bridgehead atoms. The van der Waals surface area contributed by atoms with Crippen LogP contribution in [0.25, 0.3) is 0 Å². The number of aromatic nitrogens is 1. The summed E-state index contributed by atoms with van der Waals surface area (Å²) in [6, 6.07) is 2.06. The minimum atomic E-state index is 0.816. The summed E-state index contributed by atoms with van der Waals surface area (Å²) >= 11 is 12.6. The second-order valence-electron chi connectivity index (χ2n) is 3.24. The van der Waals surface area contributed by atoms with Crippen LogP contribution in [0.4, 0.5) is 0 Å². The van der Waals surface area contributed by atoms with Gasteiger partial charge >= 0.3 is 0 Å². The Balaban J connectivity index is 1.72. The predicted molar refractivity (Wildman–Crippen MR) is 74.6 cm³/mol. The van der Waals surface area contributed by atoms with Crippen LogP contribution in [0.15, 0.2) is 21.4 Å². The third kappa shape index (κ3) is 3.53. The first kappa shape index (κ1) is 12.5. The van der Waals surface area contributed by atoms with Gasteiger partial charge in [-0.2, -0.15) is 0 Å². The van der Waals surface area contributed by atoms with Crippen molar-refractivity contribution in [3.8, 4) is 0 Å². The van der Waals surface area contributed by atoms with Gasteiger partial charge in [-0.3, -0.25) is 0 Å². The van der Waals surface area contributed by atoms with Crippen LogP contribution in [0, 0.1) is 0 Å². The normalized spacial score (nSPS) is 10.9. The molecule has 6 heteroatoms. The Labute approximate surface area is 116 Å². The van der Waals surface area contributed by atoms with E-state index < -0.39 is 0 Å². The average Bonchev–Trinajstić information content (AvgIpc) is 2.85. The van der Waals surface area contributed by atoms with Gasteiger partial charge in [0, 0.05) is 34.2 Å². The molecule has 2 rings (SSSR count). The van der Waals surface area contributed by atoms with E-state index in [0.29, 0.717) is 0 Å². The maximum atomic E-state index is 5.96. The molecule has 0 saturated heterocycles. The summed E-state index contributed by atoms with van der Waals surface area (Å²) in [4.78, 5) is 5.48. The number of thiophene rings is 1. The second-order valence-corrected chi connectivity index (χ2v) is 6.55. The molecular weight excluding hydrogens is 328 g/mol. The van der Waals surface area contributed by atoms with Crippen LogP contribution in [-0.2, 0) is 13.0 Å². The minimum Gasteiger partial charge on any atom is -0.311 e. The molecule has 2 aromatic rings. The van der Waals surface area contributed by atoms with Crippen LogP contribution in [0.1, 0.15) is 10.6 Å². The molecule has 86 valence electrons. The quantitative estimate of drug-likeness (QED) is 0.836. The predicted octanol–water partition coefficient (Wildman–Crippen LogP) is 3.95. The zero-order chi connectivity index (χ0) is 11.4. The molecule has 0 unspecified atom stereocenters. The zero-order valence-corrected chi connectivity index (χ0v) is 12.3. The topological polar surface area (TPSA) is 24.9 Å². The third-order valence-corrected chi connectivity index (χ3v) is 5.15. The Kier molecular flexibility index (Phi) is 4.79. The van der Waals surface area contributed by atoms with Crippen molar-refractivity contribution < 1.29 is 0 Å². The van der Waals surface area contributed by atoms with E-state index >= 15 is 0 Å². The van der Waals surface area contributed by atoms with Gasteiger partial charge in [-0.05, 0) is 22.0 Å². The highest BCUT2D eigenvalue weighted by Crippen LogP contribution is 2.31. The van der Waals surface area contributed by atoms with Crippen LogP contribution in [0.2, 0.25) is 4.34 Å². The molecular formula is C10H10BrClN2S2. The molecule has 1 N–H and O–H groups in total. The smallest absolute Gasteiger partial charge is 0.107 e. The van der Waals surface area contributed by atoms with Crippen LogP contribution in [0.3, 0.4) is 0 Å². The third-order valence-electron chi connectivity index (χ3n) is 2.04. The first-order valence-corrected chi connectivity index (χ1v) is 7.70. The van der Waals surface area contributed by atoms with Gasteiger partial charge in [0.1, 0.15) is 4.34 Å². The first-order chi connectivity index (χ1) is 7.75. The lowest BCUT2D eigenvalue weighted by atomic mass is 10.3. The van der Waals surface area contributed by atoms with E-state index in [1.807, 2.05) is 5.51 Å². The highest BCUT2D eigenvalue weighted by molar-refractivity contribution is 9.10. The second kappa shape index (κ2) is 6.12. The lowest BCUT2D eigenvalue weighted by Crippen LogP contribution is -2.15. The van der Waals surface area contributed by atoms with Crippen molar-refractivity contribution in [3.63, 3.8) is 0 Å². The van der Waals surface area contributed by atoms with E-state index in [1.165, 1.54) is 4.88 Å². The van der Waals surface area contributed by atoms with Crippen LogP contribution in [-0.4, -0.2) is 11.5 Å². The molecule has 0 saturated carbocycles. The molecule has 0 atom stereocenters. The van der Waals surface area contributed by atoms with E-state index in [1.54, 1.807) is 22.7 Å². The SMILES string of the molecule is Clc1sc(CNCCc2cscn2)cc1Br. The molecule has 0 radical (unpaired) electrons. The van der Waals surface area contributed by atoms with Gasteiger partial charge in [0.15, 0.2) is 0 Å². The highest BCUT2D eigenvalue weighted by atomic mass is 79.9.